The summed E-state index contributed by atoms with van der Waals surface area (Å²) in [4.78, 5) is 12.8. The van der Waals surface area contributed by atoms with Gasteiger partial charge in [-0.25, -0.2) is 0 Å². The summed E-state index contributed by atoms with van der Waals surface area (Å²) in [6, 6.07) is 14.1. The predicted molar refractivity (Wildman–Crippen MR) is 96.0 cm³/mol. The Hall–Kier alpha value is -1.80. The zero-order chi connectivity index (χ0) is 16.8. The molecule has 0 aromatic heterocycles. The molecule has 0 aliphatic heterocycles. The van der Waals surface area contributed by atoms with Crippen molar-refractivity contribution in [2.75, 3.05) is 5.32 Å². The van der Waals surface area contributed by atoms with Crippen LogP contribution in [0.15, 0.2) is 42.5 Å². The summed E-state index contributed by atoms with van der Waals surface area (Å²) in [5.41, 5.74) is 4.28. The number of carbonyl (C=O) groups is 1. The first kappa shape index (κ1) is 16.1. The van der Waals surface area contributed by atoms with E-state index in [4.69, 9.17) is 11.6 Å². The Labute approximate surface area is 142 Å². The lowest BCUT2D eigenvalue weighted by molar-refractivity contribution is -0.118. The van der Waals surface area contributed by atoms with Gasteiger partial charge in [0.2, 0.25) is 5.91 Å². The maximum absolute atomic E-state index is 12.8. The number of aryl methyl sites for hydroxylation is 2. The van der Waals surface area contributed by atoms with E-state index in [1.807, 2.05) is 25.1 Å². The SMILES string of the molecule is Cc1ccc([C@@H]2[C@@H](C(=O)Nc3cc(Cl)ccc3C)C2(C)C)cc1. The Morgan fingerprint density at radius 3 is 2.39 bits per heavy atom. The number of rotatable bonds is 3. The van der Waals surface area contributed by atoms with E-state index >= 15 is 0 Å². The molecule has 1 aliphatic carbocycles. The first-order chi connectivity index (χ1) is 10.8. The summed E-state index contributed by atoms with van der Waals surface area (Å²) in [6.45, 7) is 8.37. The van der Waals surface area contributed by atoms with E-state index in [0.29, 0.717) is 5.02 Å². The number of hydrogen-bond acceptors (Lipinski definition) is 1. The van der Waals surface area contributed by atoms with Crippen LogP contribution in [0.2, 0.25) is 5.02 Å². The minimum atomic E-state index is -0.0220. The maximum Gasteiger partial charge on any atom is 0.228 e. The molecule has 0 bridgehead atoms. The van der Waals surface area contributed by atoms with E-state index in [2.05, 4.69) is 50.4 Å². The van der Waals surface area contributed by atoms with E-state index in [9.17, 15) is 4.79 Å². The molecular weight excluding hydrogens is 306 g/mol. The molecule has 23 heavy (non-hydrogen) atoms. The average Bonchev–Trinajstić information content (AvgIpc) is 3.06. The second-order valence-corrected chi connectivity index (χ2v) is 7.57. The topological polar surface area (TPSA) is 29.1 Å². The molecular formula is C20H22ClNO. The Morgan fingerprint density at radius 1 is 1.09 bits per heavy atom. The molecule has 0 saturated heterocycles. The lowest BCUT2D eigenvalue weighted by Gasteiger charge is -2.09. The molecule has 3 rings (SSSR count). The third-order valence-electron chi connectivity index (χ3n) is 5.00. The fourth-order valence-electron chi connectivity index (χ4n) is 3.46. The highest BCUT2D eigenvalue weighted by Gasteiger charge is 2.62. The standard InChI is InChI=1S/C20H22ClNO/c1-12-5-8-14(9-6-12)17-18(20(17,3)4)19(23)22-16-11-15(21)10-7-13(16)2/h5-11,17-18H,1-4H3,(H,22,23)/t17-,18+/m1/s1. The zero-order valence-corrected chi connectivity index (χ0v) is 14.7. The van der Waals surface area contributed by atoms with Crippen LogP contribution in [0.25, 0.3) is 0 Å². The minimum absolute atomic E-state index is 0.0106. The van der Waals surface area contributed by atoms with Gasteiger partial charge in [-0.15, -0.1) is 0 Å². The molecule has 1 saturated carbocycles. The summed E-state index contributed by atoms with van der Waals surface area (Å²) in [5, 5.41) is 3.69. The third-order valence-corrected chi connectivity index (χ3v) is 5.24. The van der Waals surface area contributed by atoms with Crippen molar-refractivity contribution in [2.45, 2.75) is 33.6 Å². The number of hydrogen-bond donors (Lipinski definition) is 1. The zero-order valence-electron chi connectivity index (χ0n) is 14.0. The normalized spacial score (nSPS) is 21.8. The van der Waals surface area contributed by atoms with Gasteiger partial charge in [0.05, 0.1) is 5.92 Å². The van der Waals surface area contributed by atoms with Crippen LogP contribution >= 0.6 is 11.6 Å². The van der Waals surface area contributed by atoms with Crippen molar-refractivity contribution in [1.29, 1.82) is 0 Å². The Bertz CT molecular complexity index is 749. The second-order valence-electron chi connectivity index (χ2n) is 7.14. The first-order valence-corrected chi connectivity index (χ1v) is 8.32. The van der Waals surface area contributed by atoms with Crippen molar-refractivity contribution in [2.24, 2.45) is 11.3 Å². The monoisotopic (exact) mass is 327 g/mol. The number of anilines is 1. The van der Waals surface area contributed by atoms with Crippen LogP contribution in [0.4, 0.5) is 5.69 Å². The Morgan fingerprint density at radius 2 is 1.74 bits per heavy atom. The van der Waals surface area contributed by atoms with Gasteiger partial charge in [0, 0.05) is 16.6 Å². The highest BCUT2D eigenvalue weighted by Crippen LogP contribution is 2.64. The van der Waals surface area contributed by atoms with Crippen LogP contribution in [-0.4, -0.2) is 5.91 Å². The number of amides is 1. The highest BCUT2D eigenvalue weighted by atomic mass is 35.5. The molecule has 2 aromatic rings. The summed E-state index contributed by atoms with van der Waals surface area (Å²) >= 11 is 6.04. The molecule has 0 heterocycles. The lowest BCUT2D eigenvalue weighted by atomic mass is 10.0. The molecule has 2 atom stereocenters. The molecule has 0 radical (unpaired) electrons. The number of carbonyl (C=O) groups excluding carboxylic acids is 1. The van der Waals surface area contributed by atoms with Crippen molar-refractivity contribution in [3.05, 3.63) is 64.2 Å². The lowest BCUT2D eigenvalue weighted by Crippen LogP contribution is -2.17. The molecule has 3 heteroatoms. The van der Waals surface area contributed by atoms with E-state index in [0.717, 1.165) is 11.3 Å². The highest BCUT2D eigenvalue weighted by molar-refractivity contribution is 6.31. The van der Waals surface area contributed by atoms with Gasteiger partial charge in [-0.3, -0.25) is 4.79 Å². The fraction of sp³-hybridized carbons (Fsp3) is 0.350. The largest absolute Gasteiger partial charge is 0.326 e. The average molecular weight is 328 g/mol. The van der Waals surface area contributed by atoms with Gasteiger partial charge in [-0.1, -0.05) is 61.3 Å². The van der Waals surface area contributed by atoms with E-state index in [1.54, 1.807) is 0 Å². The smallest absolute Gasteiger partial charge is 0.228 e. The van der Waals surface area contributed by atoms with Crippen molar-refractivity contribution in [3.63, 3.8) is 0 Å². The van der Waals surface area contributed by atoms with E-state index in [-0.39, 0.29) is 23.2 Å². The number of halogens is 1. The van der Waals surface area contributed by atoms with E-state index in [1.165, 1.54) is 11.1 Å². The molecule has 120 valence electrons. The maximum atomic E-state index is 12.8. The minimum Gasteiger partial charge on any atom is -0.326 e. The van der Waals surface area contributed by atoms with Crippen molar-refractivity contribution < 1.29 is 4.79 Å². The van der Waals surface area contributed by atoms with Crippen LogP contribution < -0.4 is 5.32 Å². The van der Waals surface area contributed by atoms with Gasteiger partial charge in [-0.05, 0) is 42.5 Å². The van der Waals surface area contributed by atoms with Crippen molar-refractivity contribution in [1.82, 2.24) is 0 Å². The Balaban J connectivity index is 1.80. The fourth-order valence-corrected chi connectivity index (χ4v) is 3.63. The molecule has 2 nitrogen and oxygen atoms in total. The molecule has 2 aromatic carbocycles. The third kappa shape index (κ3) is 3.00. The van der Waals surface area contributed by atoms with Gasteiger partial charge < -0.3 is 5.32 Å². The van der Waals surface area contributed by atoms with Gasteiger partial charge in [0.15, 0.2) is 0 Å². The molecule has 0 unspecified atom stereocenters. The quantitative estimate of drug-likeness (QED) is 0.810. The molecule has 1 amide bonds. The summed E-state index contributed by atoms with van der Waals surface area (Å²) < 4.78 is 0. The molecule has 0 spiro atoms. The van der Waals surface area contributed by atoms with Crippen molar-refractivity contribution in [3.8, 4) is 0 Å². The van der Waals surface area contributed by atoms with Crippen LogP contribution in [0.5, 0.6) is 0 Å². The van der Waals surface area contributed by atoms with Crippen LogP contribution in [0.1, 0.15) is 36.5 Å². The molecule has 1 fully saturated rings. The molecule has 1 N–H and O–H groups in total. The number of nitrogens with one attached hydrogen (secondary N) is 1. The van der Waals surface area contributed by atoms with Gasteiger partial charge in [-0.2, -0.15) is 0 Å². The molecule has 1 aliphatic rings. The van der Waals surface area contributed by atoms with Gasteiger partial charge in [0.25, 0.3) is 0 Å². The Kier molecular flexibility index (Phi) is 3.97. The van der Waals surface area contributed by atoms with Crippen molar-refractivity contribution >= 4 is 23.2 Å². The summed E-state index contributed by atoms with van der Waals surface area (Å²) in [6.07, 6.45) is 0. The summed E-state index contributed by atoms with van der Waals surface area (Å²) in [5.74, 6) is 0.331. The predicted octanol–water partition coefficient (Wildman–Crippen LogP) is 5.34. The second kappa shape index (κ2) is 5.68. The van der Waals surface area contributed by atoms with Crippen LogP contribution in [0.3, 0.4) is 0 Å². The van der Waals surface area contributed by atoms with Crippen LogP contribution in [-0.2, 0) is 4.79 Å². The number of benzene rings is 2. The van der Waals surface area contributed by atoms with Crippen LogP contribution in [0, 0.1) is 25.2 Å². The van der Waals surface area contributed by atoms with Gasteiger partial charge in [0.1, 0.15) is 0 Å². The first-order valence-electron chi connectivity index (χ1n) is 7.94. The van der Waals surface area contributed by atoms with Gasteiger partial charge >= 0.3 is 0 Å². The summed E-state index contributed by atoms with van der Waals surface area (Å²) in [7, 11) is 0. The van der Waals surface area contributed by atoms with E-state index < -0.39 is 0 Å².